The van der Waals surface area contributed by atoms with E-state index in [1.807, 2.05) is 0 Å². The molecule has 68 valence electrons. The maximum atomic E-state index is 5.25. The van der Waals surface area contributed by atoms with E-state index in [1.54, 1.807) is 0 Å². The molecule has 0 spiro atoms. The molecule has 0 bridgehead atoms. The van der Waals surface area contributed by atoms with Gasteiger partial charge in [0.15, 0.2) is 0 Å². The first kappa shape index (κ1) is 10.4. The molecule has 1 fully saturated rings. The van der Waals surface area contributed by atoms with E-state index in [-0.39, 0.29) is 17.5 Å². The molecule has 11 heavy (non-hydrogen) atoms. The molecule has 1 N–H and O–H groups in total. The van der Waals surface area contributed by atoms with Crippen molar-refractivity contribution in [1.29, 1.82) is 0 Å². The fraction of sp³-hybridized carbons (Fsp3) is 1.00. The molecule has 5 heteroatoms. The van der Waals surface area contributed by atoms with E-state index in [1.165, 1.54) is 6.54 Å². The van der Waals surface area contributed by atoms with Crippen LogP contribution in [0.5, 0.6) is 0 Å². The van der Waals surface area contributed by atoms with E-state index in [0.29, 0.717) is 0 Å². The first-order valence-electron chi connectivity index (χ1n) is 3.71. The molecule has 1 aliphatic heterocycles. The minimum absolute atomic E-state index is 0.240. The first-order chi connectivity index (χ1) is 5.43. The Balaban J connectivity index is 1.96. The Morgan fingerprint density at radius 2 is 2.18 bits per heavy atom. The van der Waals surface area contributed by atoms with Crippen molar-refractivity contribution in [1.82, 2.24) is 8.43 Å². The van der Waals surface area contributed by atoms with Crippen molar-refractivity contribution in [3.8, 4) is 0 Å². The van der Waals surface area contributed by atoms with Crippen molar-refractivity contribution in [3.05, 3.63) is 0 Å². The molecular formula is C6H13I2N2O-. The molecule has 1 rings (SSSR count). The van der Waals surface area contributed by atoms with Crippen molar-refractivity contribution in [2.24, 2.45) is 0 Å². The summed E-state index contributed by atoms with van der Waals surface area (Å²) in [6.07, 6.45) is 0. The van der Waals surface area contributed by atoms with E-state index in [0.717, 1.165) is 32.8 Å². The Bertz CT molecular complexity index is 98.6. The van der Waals surface area contributed by atoms with Gasteiger partial charge in [0.2, 0.25) is 0 Å². The second-order valence-corrected chi connectivity index (χ2v) is 6.31. The molecule has 3 nitrogen and oxygen atoms in total. The summed E-state index contributed by atoms with van der Waals surface area (Å²) in [5.74, 6) is 0. The Kier molecular flexibility index (Phi) is 6.45. The van der Waals surface area contributed by atoms with Crippen molar-refractivity contribution in [3.63, 3.8) is 0 Å². The number of nitrogens with one attached hydrogen (secondary N) is 1. The quantitative estimate of drug-likeness (QED) is 0.324. The summed E-state index contributed by atoms with van der Waals surface area (Å²) in [6, 6.07) is 0. The summed E-state index contributed by atoms with van der Waals surface area (Å²) in [5.41, 5.74) is 0. The summed E-state index contributed by atoms with van der Waals surface area (Å²) in [7, 11) is 0. The van der Waals surface area contributed by atoms with Crippen molar-refractivity contribution in [2.75, 3.05) is 39.4 Å². The van der Waals surface area contributed by atoms with Crippen LogP contribution in [0.15, 0.2) is 0 Å². The van der Waals surface area contributed by atoms with Crippen LogP contribution in [-0.2, 0) is 4.74 Å². The van der Waals surface area contributed by atoms with E-state index in [2.05, 4.69) is 27.0 Å². The van der Waals surface area contributed by atoms with Crippen LogP contribution in [0.3, 0.4) is 0 Å². The Morgan fingerprint density at radius 1 is 1.45 bits per heavy atom. The fourth-order valence-electron chi connectivity index (χ4n) is 1.06. The predicted octanol–water partition coefficient (Wildman–Crippen LogP) is -2.74. The number of halogens is 2. The van der Waals surface area contributed by atoms with E-state index >= 15 is 0 Å². The van der Waals surface area contributed by atoms with Gasteiger partial charge in [-0.05, 0) is 0 Å². The van der Waals surface area contributed by atoms with Crippen LogP contribution < -0.4 is 21.0 Å². The Morgan fingerprint density at radius 3 is 2.82 bits per heavy atom. The van der Waals surface area contributed by atoms with Gasteiger partial charge in [-0.15, -0.1) is 0 Å². The first-order valence-corrected chi connectivity index (χ1v) is 11.1. The average molecular weight is 383 g/mol. The monoisotopic (exact) mass is 383 g/mol. The van der Waals surface area contributed by atoms with Gasteiger partial charge in [0, 0.05) is 0 Å². The molecule has 0 radical (unpaired) electrons. The normalized spacial score (nSPS) is 20.8. The summed E-state index contributed by atoms with van der Waals surface area (Å²) in [4.78, 5) is 2.45. The minimum atomic E-state index is 0.240. The molecule has 0 amide bonds. The standard InChI is InChI=1S/C6H13I2N2O/c7-8-9-1-2-10-3-5-11-6-4-10/h9H,1-6H2/q-1. The fourth-order valence-corrected chi connectivity index (χ4v) is 2.87. The van der Waals surface area contributed by atoms with Gasteiger partial charge in [-0.25, -0.2) is 0 Å². The molecule has 1 saturated heterocycles. The number of rotatable bonds is 4. The second-order valence-electron chi connectivity index (χ2n) is 2.41. The molecule has 0 aromatic carbocycles. The number of nitrogens with zero attached hydrogens (tertiary/aromatic N) is 1. The number of morpholine rings is 1. The van der Waals surface area contributed by atoms with Gasteiger partial charge in [-0.1, -0.05) is 0 Å². The zero-order valence-electron chi connectivity index (χ0n) is 6.35. The van der Waals surface area contributed by atoms with Gasteiger partial charge in [0.1, 0.15) is 0 Å². The topological polar surface area (TPSA) is 24.5 Å². The van der Waals surface area contributed by atoms with Crippen molar-refractivity contribution in [2.45, 2.75) is 0 Å². The Hall–Kier alpha value is 1.34. The zero-order valence-corrected chi connectivity index (χ0v) is 10.7. The third-order valence-corrected chi connectivity index (χ3v) is 4.44. The predicted molar refractivity (Wildman–Crippen MR) is 49.3 cm³/mol. The molecule has 0 atom stereocenters. The molecule has 0 aromatic heterocycles. The van der Waals surface area contributed by atoms with Gasteiger partial charge in [-0.3, -0.25) is 0 Å². The van der Waals surface area contributed by atoms with Gasteiger partial charge in [0.25, 0.3) is 0 Å². The molecule has 1 aliphatic rings. The molecule has 0 saturated carbocycles. The summed E-state index contributed by atoms with van der Waals surface area (Å²) < 4.78 is 8.66. The molecule has 0 aliphatic carbocycles. The second kappa shape index (κ2) is 6.81. The van der Waals surface area contributed by atoms with Gasteiger partial charge >= 0.3 is 88.7 Å². The van der Waals surface area contributed by atoms with Crippen LogP contribution >= 0.6 is 18.6 Å². The van der Waals surface area contributed by atoms with E-state index in [9.17, 15) is 0 Å². The van der Waals surface area contributed by atoms with Gasteiger partial charge in [0.05, 0.1) is 0 Å². The third-order valence-electron chi connectivity index (χ3n) is 1.68. The molecule has 1 heterocycles. The van der Waals surface area contributed by atoms with Crippen LogP contribution in [0, 0.1) is 0 Å². The Labute approximate surface area is 88.0 Å². The number of hydrogen-bond acceptors (Lipinski definition) is 3. The van der Waals surface area contributed by atoms with Crippen LogP contribution in [-0.4, -0.2) is 44.3 Å². The van der Waals surface area contributed by atoms with Crippen molar-refractivity contribution >= 4 is 18.6 Å². The third kappa shape index (κ3) is 4.81. The zero-order chi connectivity index (χ0) is 7.94. The summed E-state index contributed by atoms with van der Waals surface area (Å²) in [5, 5.41) is 0. The molecule has 0 aromatic rings. The van der Waals surface area contributed by atoms with Gasteiger partial charge < -0.3 is 0 Å². The van der Waals surface area contributed by atoms with Crippen LogP contribution in [0.1, 0.15) is 0 Å². The number of ether oxygens (including phenoxy) is 1. The van der Waals surface area contributed by atoms with Crippen LogP contribution in [0.25, 0.3) is 0 Å². The SMILES string of the molecule is I[I-]NCCN1CCOCC1. The van der Waals surface area contributed by atoms with Crippen molar-refractivity contribution < 1.29 is 22.2 Å². The number of hydrogen-bond donors (Lipinski definition) is 1. The van der Waals surface area contributed by atoms with Crippen LogP contribution in [0.2, 0.25) is 0 Å². The maximum absolute atomic E-state index is 5.25. The summed E-state index contributed by atoms with van der Waals surface area (Å²) >= 11 is 2.68. The van der Waals surface area contributed by atoms with E-state index in [4.69, 9.17) is 4.74 Å². The molecular weight excluding hydrogens is 370 g/mol. The van der Waals surface area contributed by atoms with Crippen LogP contribution in [0.4, 0.5) is 0 Å². The summed E-state index contributed by atoms with van der Waals surface area (Å²) in [6.45, 7) is 6.39. The van der Waals surface area contributed by atoms with Gasteiger partial charge in [-0.2, -0.15) is 0 Å². The van der Waals surface area contributed by atoms with E-state index < -0.39 is 0 Å². The average Bonchev–Trinajstić information content (AvgIpc) is 2.07. The molecule has 0 unspecified atom stereocenters.